The maximum Gasteiger partial charge on any atom is 0.430 e. The molecule has 29 heavy (non-hydrogen) atoms. The van der Waals surface area contributed by atoms with Gasteiger partial charge in [-0.15, -0.1) is 5.48 Å². The number of carbonyl (C=O) groups is 4. The van der Waals surface area contributed by atoms with Crippen molar-refractivity contribution in [2.24, 2.45) is 0 Å². The highest BCUT2D eigenvalue weighted by Gasteiger charge is 2.43. The maximum atomic E-state index is 12.9. The number of quaternary nitrogens is 1. The van der Waals surface area contributed by atoms with E-state index in [1.807, 2.05) is 5.32 Å². The quantitative estimate of drug-likeness (QED) is 0.148. The van der Waals surface area contributed by atoms with Crippen LogP contribution in [0.1, 0.15) is 20.3 Å². The zero-order chi connectivity index (χ0) is 23.6. The number of hydroxylamine groups is 1. The molecule has 0 saturated heterocycles. The number of hydrogen-bond acceptors (Lipinski definition) is 8. The summed E-state index contributed by atoms with van der Waals surface area (Å²) in [6.07, 6.45) is -11.0. The first-order valence-electron chi connectivity index (χ1n) is 7.46. The van der Waals surface area contributed by atoms with Gasteiger partial charge in [-0.3, -0.25) is 10.1 Å². The van der Waals surface area contributed by atoms with E-state index in [4.69, 9.17) is 15.1 Å². The summed E-state index contributed by atoms with van der Waals surface area (Å²) in [6.45, 7) is 2.37. The van der Waals surface area contributed by atoms with E-state index in [0.717, 1.165) is 14.0 Å². The number of hydrogen-bond donors (Lipinski definition) is 4. The summed E-state index contributed by atoms with van der Waals surface area (Å²) in [5.41, 5.74) is 0.143. The van der Waals surface area contributed by atoms with Crippen molar-refractivity contribution >= 4 is 23.8 Å². The summed E-state index contributed by atoms with van der Waals surface area (Å²) in [6, 6.07) is -4.74. The third-order valence-corrected chi connectivity index (χ3v) is 2.95. The second-order valence-corrected chi connectivity index (χ2v) is 5.32. The molecule has 0 aliphatic carbocycles. The predicted molar refractivity (Wildman–Crippen MR) is 76.5 cm³/mol. The number of carbonyl (C=O) groups excluding carboxylic acids is 4. The summed E-state index contributed by atoms with van der Waals surface area (Å²) in [7, 11) is 1.07. The summed E-state index contributed by atoms with van der Waals surface area (Å²) in [4.78, 5) is 42.5. The van der Waals surface area contributed by atoms with Gasteiger partial charge in [-0.25, -0.2) is 14.8 Å². The average Bonchev–Trinajstić information content (AvgIpc) is 2.58. The van der Waals surface area contributed by atoms with Gasteiger partial charge in [0, 0.05) is 0 Å². The molecule has 0 aromatic rings. The van der Waals surface area contributed by atoms with Crippen LogP contribution in [0.25, 0.3) is 0 Å². The number of esters is 1. The number of amides is 2. The van der Waals surface area contributed by atoms with Crippen LogP contribution in [0.2, 0.25) is 0 Å². The second-order valence-electron chi connectivity index (χ2n) is 5.32. The summed E-state index contributed by atoms with van der Waals surface area (Å²) in [5.74, 6) is -5.81. The van der Waals surface area contributed by atoms with Gasteiger partial charge in [0.25, 0.3) is 0 Å². The van der Waals surface area contributed by atoms with E-state index >= 15 is 0 Å². The molecule has 0 saturated carbocycles. The first-order chi connectivity index (χ1) is 13.0. The third-order valence-electron chi connectivity index (χ3n) is 2.95. The molecule has 16 heteroatoms. The Morgan fingerprint density at radius 1 is 1.07 bits per heavy atom. The Kier molecular flexibility index (Phi) is 12.1. The number of primary amides is 1. The Morgan fingerprint density at radius 2 is 1.52 bits per heavy atom. The lowest BCUT2D eigenvalue weighted by Gasteiger charge is -2.23. The van der Waals surface area contributed by atoms with Crippen molar-refractivity contribution in [3.8, 4) is 0 Å². The Bertz CT molecular complexity index is 582. The standard InChI is InChI=1S/C11H18F3N3O5.C2HF3O2/c1-5(9(19)17-21)15-7(11(12,13)14)4-8(18)16-6(2)10(20)22-3;3-2(4,5)1(6)7/h5-7,15,21H,4H2,1-3H3,(H,16,18)(H,17,19);(H,6,7)/t5-,6+,7?;/m0./s1. The molecule has 0 aliphatic rings. The van der Waals surface area contributed by atoms with Gasteiger partial charge in [0.15, 0.2) is 0 Å². The third kappa shape index (κ3) is 12.6. The van der Waals surface area contributed by atoms with Crippen molar-refractivity contribution in [1.29, 1.82) is 0 Å². The largest absolute Gasteiger partial charge is 0.542 e. The number of nitrogens with two attached hydrogens (primary N) is 1. The van der Waals surface area contributed by atoms with Crippen LogP contribution in [0, 0.1) is 0 Å². The fourth-order valence-corrected chi connectivity index (χ4v) is 1.49. The molecule has 170 valence electrons. The predicted octanol–water partition coefficient (Wildman–Crippen LogP) is -2.26. The van der Waals surface area contributed by atoms with E-state index in [0.29, 0.717) is 0 Å². The Hall–Kier alpha value is -2.46. The molecular weight excluding hydrogens is 424 g/mol. The summed E-state index contributed by atoms with van der Waals surface area (Å²) in [5, 5.41) is 21.2. The van der Waals surface area contributed by atoms with Crippen molar-refractivity contribution in [2.45, 2.75) is 50.7 Å². The van der Waals surface area contributed by atoms with Gasteiger partial charge in [-0.2, -0.15) is 26.3 Å². The van der Waals surface area contributed by atoms with Crippen molar-refractivity contribution in [2.75, 3.05) is 7.11 Å². The zero-order valence-corrected chi connectivity index (χ0v) is 15.2. The van der Waals surface area contributed by atoms with Crippen LogP contribution in [0.4, 0.5) is 26.3 Å². The lowest BCUT2D eigenvalue weighted by molar-refractivity contribution is -0.815. The maximum absolute atomic E-state index is 12.9. The number of nitrogens with one attached hydrogen (secondary N) is 2. The van der Waals surface area contributed by atoms with E-state index in [1.54, 1.807) is 0 Å². The van der Waals surface area contributed by atoms with Crippen LogP contribution >= 0.6 is 0 Å². The molecule has 0 bridgehead atoms. The fraction of sp³-hybridized carbons (Fsp3) is 0.692. The Labute approximate surface area is 159 Å². The first kappa shape index (κ1) is 28.7. The van der Waals surface area contributed by atoms with Crippen LogP contribution in [0.15, 0.2) is 0 Å². The van der Waals surface area contributed by atoms with Gasteiger partial charge in [0.2, 0.25) is 5.91 Å². The first-order valence-corrected chi connectivity index (χ1v) is 7.46. The van der Waals surface area contributed by atoms with Crippen LogP contribution in [0.3, 0.4) is 0 Å². The SMILES string of the molecule is COC(=O)[C@@H](C)NC(=O)CC(N[C@@H](C)C(=O)[NH2+]O)C(F)(F)F.O=C([O-])C(F)(F)F. The normalized spacial score (nSPS) is 14.6. The minimum atomic E-state index is -5.19. The summed E-state index contributed by atoms with van der Waals surface area (Å²) < 4.78 is 74.4. The molecule has 0 heterocycles. The molecule has 0 spiro atoms. The molecule has 0 aromatic carbocycles. The van der Waals surface area contributed by atoms with Crippen molar-refractivity contribution < 1.29 is 66.1 Å². The molecule has 0 aromatic heterocycles. The van der Waals surface area contributed by atoms with Gasteiger partial charge in [-0.1, -0.05) is 0 Å². The number of carboxylic acid groups (broad SMARTS) is 1. The fourth-order valence-electron chi connectivity index (χ4n) is 1.49. The number of alkyl halides is 6. The molecule has 0 fully saturated rings. The Morgan fingerprint density at radius 3 is 1.83 bits per heavy atom. The highest BCUT2D eigenvalue weighted by Crippen LogP contribution is 2.23. The van der Waals surface area contributed by atoms with E-state index in [-0.39, 0.29) is 5.48 Å². The molecule has 0 rings (SSSR count). The molecule has 3 atom stereocenters. The monoisotopic (exact) mass is 443 g/mol. The number of halogens is 6. The van der Waals surface area contributed by atoms with Crippen LogP contribution < -0.4 is 21.2 Å². The van der Waals surface area contributed by atoms with E-state index in [9.17, 15) is 40.7 Å². The van der Waals surface area contributed by atoms with Crippen LogP contribution in [-0.2, 0) is 23.9 Å². The number of ether oxygens (including phenoxy) is 1. The molecule has 10 nitrogen and oxygen atoms in total. The van der Waals surface area contributed by atoms with Gasteiger partial charge >= 0.3 is 24.2 Å². The van der Waals surface area contributed by atoms with Crippen LogP contribution in [-0.4, -0.2) is 66.5 Å². The zero-order valence-electron chi connectivity index (χ0n) is 15.2. The van der Waals surface area contributed by atoms with E-state index in [2.05, 4.69) is 10.1 Å². The number of aliphatic carboxylic acids is 1. The molecule has 2 amide bonds. The lowest BCUT2D eigenvalue weighted by atomic mass is 10.1. The minimum Gasteiger partial charge on any atom is -0.542 e. The highest BCUT2D eigenvalue weighted by molar-refractivity contribution is 5.84. The van der Waals surface area contributed by atoms with E-state index in [1.165, 1.54) is 6.92 Å². The molecule has 0 radical (unpaired) electrons. The van der Waals surface area contributed by atoms with Gasteiger partial charge in [-0.05, 0) is 13.8 Å². The molecule has 0 aliphatic heterocycles. The molecular formula is C13H19F6N3O7. The number of methoxy groups -OCH3 is 1. The topological polar surface area (TPSA) is 161 Å². The second kappa shape index (κ2) is 12.2. The van der Waals surface area contributed by atoms with Crippen LogP contribution in [0.5, 0.6) is 0 Å². The molecule has 1 unspecified atom stereocenters. The average molecular weight is 443 g/mol. The smallest absolute Gasteiger partial charge is 0.430 e. The highest BCUT2D eigenvalue weighted by atomic mass is 19.4. The van der Waals surface area contributed by atoms with Gasteiger partial charge < -0.3 is 20.0 Å². The number of rotatable bonds is 7. The van der Waals surface area contributed by atoms with Crippen molar-refractivity contribution in [1.82, 2.24) is 10.6 Å². The van der Waals surface area contributed by atoms with Crippen molar-refractivity contribution in [3.63, 3.8) is 0 Å². The van der Waals surface area contributed by atoms with Gasteiger partial charge in [0.05, 0.1) is 13.5 Å². The van der Waals surface area contributed by atoms with E-state index < -0.39 is 60.7 Å². The Balaban J connectivity index is 0. The number of carboxylic acids is 1. The minimum absolute atomic E-state index is 0.143. The molecule has 5 N–H and O–H groups in total. The lowest BCUT2D eigenvalue weighted by Crippen LogP contribution is -2.88. The van der Waals surface area contributed by atoms with Gasteiger partial charge in [0.1, 0.15) is 24.1 Å². The van der Waals surface area contributed by atoms with Crippen molar-refractivity contribution in [3.05, 3.63) is 0 Å². The summed E-state index contributed by atoms with van der Waals surface area (Å²) >= 11 is 0.